The van der Waals surface area contributed by atoms with Crippen LogP contribution >= 0.6 is 0 Å². The SMILES string of the molecule is N#Cc1ccc(S(=O)(=O)N2CCC(C(=O)NCc3cccc(F)c3)CC2)cc1. The van der Waals surface area contributed by atoms with Crippen molar-refractivity contribution in [1.29, 1.82) is 5.26 Å². The van der Waals surface area contributed by atoms with Gasteiger partial charge in [0.25, 0.3) is 0 Å². The van der Waals surface area contributed by atoms with Gasteiger partial charge in [-0.15, -0.1) is 0 Å². The number of carbonyl (C=O) groups is 1. The third kappa shape index (κ3) is 4.55. The number of hydrogen-bond donors (Lipinski definition) is 1. The van der Waals surface area contributed by atoms with Crippen molar-refractivity contribution in [3.05, 3.63) is 65.5 Å². The third-order valence-electron chi connectivity index (χ3n) is 4.80. The average Bonchev–Trinajstić information content (AvgIpc) is 2.72. The highest BCUT2D eigenvalue weighted by molar-refractivity contribution is 7.89. The van der Waals surface area contributed by atoms with E-state index in [-0.39, 0.29) is 42.2 Å². The van der Waals surface area contributed by atoms with E-state index in [4.69, 9.17) is 5.26 Å². The van der Waals surface area contributed by atoms with Crippen LogP contribution in [0.15, 0.2) is 53.4 Å². The quantitative estimate of drug-likeness (QED) is 0.833. The maximum Gasteiger partial charge on any atom is 0.243 e. The number of amides is 1. The summed E-state index contributed by atoms with van der Waals surface area (Å²) in [6, 6.07) is 13.8. The standard InChI is InChI=1S/C20H20FN3O3S/c21-18-3-1-2-16(12-18)14-23-20(25)17-8-10-24(11-9-17)28(26,27)19-6-4-15(13-22)5-7-19/h1-7,12,17H,8-11,14H2,(H,23,25). The molecule has 0 radical (unpaired) electrons. The summed E-state index contributed by atoms with van der Waals surface area (Å²) in [7, 11) is -3.65. The Bertz CT molecular complexity index is 992. The molecule has 1 aliphatic heterocycles. The highest BCUT2D eigenvalue weighted by Crippen LogP contribution is 2.24. The Labute approximate surface area is 163 Å². The van der Waals surface area contributed by atoms with Crippen LogP contribution in [0, 0.1) is 23.1 Å². The van der Waals surface area contributed by atoms with Gasteiger partial charge in [-0.1, -0.05) is 12.1 Å². The molecule has 28 heavy (non-hydrogen) atoms. The minimum absolute atomic E-state index is 0.139. The number of halogens is 1. The van der Waals surface area contributed by atoms with E-state index in [1.54, 1.807) is 12.1 Å². The van der Waals surface area contributed by atoms with Crippen LogP contribution in [0.5, 0.6) is 0 Å². The Balaban J connectivity index is 1.55. The molecule has 0 bridgehead atoms. The van der Waals surface area contributed by atoms with Crippen LogP contribution in [0.3, 0.4) is 0 Å². The molecule has 0 spiro atoms. The fraction of sp³-hybridized carbons (Fsp3) is 0.300. The molecule has 0 unspecified atom stereocenters. The van der Waals surface area contributed by atoms with Gasteiger partial charge >= 0.3 is 0 Å². The monoisotopic (exact) mass is 401 g/mol. The second-order valence-electron chi connectivity index (χ2n) is 6.66. The average molecular weight is 401 g/mol. The van der Waals surface area contributed by atoms with Crippen molar-refractivity contribution in [3.8, 4) is 6.07 Å². The number of piperidine rings is 1. The topological polar surface area (TPSA) is 90.3 Å². The van der Waals surface area contributed by atoms with E-state index in [0.717, 1.165) is 0 Å². The second-order valence-corrected chi connectivity index (χ2v) is 8.60. The Morgan fingerprint density at radius 3 is 2.46 bits per heavy atom. The lowest BCUT2D eigenvalue weighted by Gasteiger charge is -2.30. The molecule has 1 amide bonds. The van der Waals surface area contributed by atoms with Crippen molar-refractivity contribution in [1.82, 2.24) is 9.62 Å². The van der Waals surface area contributed by atoms with Gasteiger partial charge in [0.05, 0.1) is 16.5 Å². The third-order valence-corrected chi connectivity index (χ3v) is 6.71. The molecule has 146 valence electrons. The predicted octanol–water partition coefficient (Wildman–Crippen LogP) is 2.41. The molecule has 0 atom stereocenters. The summed E-state index contributed by atoms with van der Waals surface area (Å²) in [6.45, 7) is 0.737. The normalized spacial score (nSPS) is 15.7. The summed E-state index contributed by atoms with van der Waals surface area (Å²) in [5, 5.41) is 11.6. The zero-order chi connectivity index (χ0) is 20.1. The lowest BCUT2D eigenvalue weighted by atomic mass is 9.97. The first-order chi connectivity index (χ1) is 13.4. The number of nitrogens with zero attached hydrogens (tertiary/aromatic N) is 2. The van der Waals surface area contributed by atoms with Gasteiger partial charge in [0.1, 0.15) is 5.82 Å². The first-order valence-electron chi connectivity index (χ1n) is 8.92. The van der Waals surface area contributed by atoms with Gasteiger partial charge in [0.15, 0.2) is 0 Å². The molecule has 3 rings (SSSR count). The van der Waals surface area contributed by atoms with E-state index in [1.807, 2.05) is 6.07 Å². The van der Waals surface area contributed by atoms with E-state index in [1.165, 1.54) is 40.7 Å². The van der Waals surface area contributed by atoms with Crippen LogP contribution in [0.4, 0.5) is 4.39 Å². The molecule has 0 aromatic heterocycles. The maximum absolute atomic E-state index is 13.2. The number of sulfonamides is 1. The van der Waals surface area contributed by atoms with Crippen LogP contribution < -0.4 is 5.32 Å². The summed E-state index contributed by atoms with van der Waals surface area (Å²) in [5.74, 6) is -0.784. The minimum atomic E-state index is -3.65. The highest BCUT2D eigenvalue weighted by atomic mass is 32.2. The molecular formula is C20H20FN3O3S. The van der Waals surface area contributed by atoms with Gasteiger partial charge in [-0.05, 0) is 54.8 Å². The summed E-state index contributed by atoms with van der Waals surface area (Å²) in [4.78, 5) is 12.5. The number of carbonyl (C=O) groups excluding carboxylic acids is 1. The van der Waals surface area contributed by atoms with Crippen LogP contribution in [-0.2, 0) is 21.4 Å². The zero-order valence-corrected chi connectivity index (χ0v) is 16.0. The number of hydrogen-bond acceptors (Lipinski definition) is 4. The summed E-state index contributed by atoms with van der Waals surface area (Å²) in [6.07, 6.45) is 0.842. The van der Waals surface area contributed by atoms with Gasteiger partial charge in [-0.25, -0.2) is 12.8 Å². The number of nitrogens with one attached hydrogen (secondary N) is 1. The van der Waals surface area contributed by atoms with Crippen LogP contribution in [0.25, 0.3) is 0 Å². The Morgan fingerprint density at radius 2 is 1.86 bits per heavy atom. The molecule has 2 aromatic carbocycles. The zero-order valence-electron chi connectivity index (χ0n) is 15.1. The van der Waals surface area contributed by atoms with Crippen molar-refractivity contribution < 1.29 is 17.6 Å². The van der Waals surface area contributed by atoms with E-state index < -0.39 is 10.0 Å². The highest BCUT2D eigenvalue weighted by Gasteiger charge is 2.32. The first kappa shape index (κ1) is 20.0. The summed E-state index contributed by atoms with van der Waals surface area (Å²) in [5.41, 5.74) is 1.07. The summed E-state index contributed by atoms with van der Waals surface area (Å²) < 4.78 is 40.0. The van der Waals surface area contributed by atoms with E-state index in [9.17, 15) is 17.6 Å². The van der Waals surface area contributed by atoms with Crippen molar-refractivity contribution in [3.63, 3.8) is 0 Å². The number of rotatable bonds is 5. The fourth-order valence-corrected chi connectivity index (χ4v) is 4.66. The largest absolute Gasteiger partial charge is 0.352 e. The minimum Gasteiger partial charge on any atom is -0.352 e. The van der Waals surface area contributed by atoms with Crippen molar-refractivity contribution in [2.24, 2.45) is 5.92 Å². The smallest absolute Gasteiger partial charge is 0.243 e. The lowest BCUT2D eigenvalue weighted by Crippen LogP contribution is -2.42. The molecule has 2 aromatic rings. The molecule has 8 heteroatoms. The van der Waals surface area contributed by atoms with Crippen molar-refractivity contribution in [2.45, 2.75) is 24.3 Å². The Morgan fingerprint density at radius 1 is 1.18 bits per heavy atom. The van der Waals surface area contributed by atoms with Gasteiger partial charge < -0.3 is 5.32 Å². The van der Waals surface area contributed by atoms with Gasteiger partial charge in [0.2, 0.25) is 15.9 Å². The van der Waals surface area contributed by atoms with Crippen LogP contribution in [-0.4, -0.2) is 31.7 Å². The lowest BCUT2D eigenvalue weighted by molar-refractivity contribution is -0.126. The molecule has 1 fully saturated rings. The van der Waals surface area contributed by atoms with E-state index in [2.05, 4.69) is 5.32 Å². The number of nitriles is 1. The number of benzene rings is 2. The molecule has 1 heterocycles. The molecule has 6 nitrogen and oxygen atoms in total. The second kappa shape index (κ2) is 8.50. The molecule has 0 aliphatic carbocycles. The molecule has 1 N–H and O–H groups in total. The molecule has 1 saturated heterocycles. The van der Waals surface area contributed by atoms with Gasteiger partial charge in [0, 0.05) is 25.6 Å². The molecule has 0 saturated carbocycles. The summed E-state index contributed by atoms with van der Waals surface area (Å²) >= 11 is 0. The van der Waals surface area contributed by atoms with Crippen molar-refractivity contribution in [2.75, 3.05) is 13.1 Å². The van der Waals surface area contributed by atoms with Gasteiger partial charge in [-0.2, -0.15) is 9.57 Å². The Hall–Kier alpha value is -2.76. The van der Waals surface area contributed by atoms with E-state index in [0.29, 0.717) is 24.0 Å². The maximum atomic E-state index is 13.2. The predicted molar refractivity (Wildman–Crippen MR) is 101 cm³/mol. The van der Waals surface area contributed by atoms with Crippen molar-refractivity contribution >= 4 is 15.9 Å². The van der Waals surface area contributed by atoms with E-state index >= 15 is 0 Å². The van der Waals surface area contributed by atoms with Crippen LogP contribution in [0.1, 0.15) is 24.0 Å². The van der Waals surface area contributed by atoms with Gasteiger partial charge in [-0.3, -0.25) is 4.79 Å². The Kier molecular flexibility index (Phi) is 6.07. The van der Waals surface area contributed by atoms with Crippen LogP contribution in [0.2, 0.25) is 0 Å². The fourth-order valence-electron chi connectivity index (χ4n) is 3.19. The first-order valence-corrected chi connectivity index (χ1v) is 10.4. The molecular weight excluding hydrogens is 381 g/mol. The molecule has 1 aliphatic rings.